The summed E-state index contributed by atoms with van der Waals surface area (Å²) in [4.78, 5) is 4.99. The number of hydrogen-bond acceptors (Lipinski definition) is 2. The Labute approximate surface area is 111 Å². The number of nitrogens with zero attached hydrogens (tertiary/aromatic N) is 1. The summed E-state index contributed by atoms with van der Waals surface area (Å²) in [6, 6.07) is 2.34. The Morgan fingerprint density at radius 1 is 1.06 bits per heavy atom. The Morgan fingerprint density at radius 2 is 1.72 bits per heavy atom. The second-order valence-corrected chi connectivity index (χ2v) is 7.41. The summed E-state index contributed by atoms with van der Waals surface area (Å²) < 4.78 is 0. The van der Waals surface area contributed by atoms with Crippen LogP contribution in [-0.4, -0.2) is 11.5 Å². The fourth-order valence-electron chi connectivity index (χ4n) is 2.52. The van der Waals surface area contributed by atoms with Crippen LogP contribution in [0.5, 0.6) is 0 Å². The highest BCUT2D eigenvalue weighted by Gasteiger charge is 2.28. The number of aryl methyl sites for hydroxylation is 1. The molecule has 0 aliphatic carbocycles. The molecule has 1 aromatic heterocycles. The van der Waals surface area contributed by atoms with Gasteiger partial charge in [0, 0.05) is 17.7 Å². The number of rotatable bonds is 0. The highest BCUT2D eigenvalue weighted by atomic mass is 14.9. The number of fused-ring (bicyclic) bond motifs is 1. The molecule has 1 aromatic rings. The van der Waals surface area contributed by atoms with Gasteiger partial charge < -0.3 is 5.32 Å². The summed E-state index contributed by atoms with van der Waals surface area (Å²) in [5.41, 5.74) is 5.39. The largest absolute Gasteiger partial charge is 0.384 e. The van der Waals surface area contributed by atoms with Crippen molar-refractivity contribution in [2.45, 2.75) is 65.2 Å². The number of aromatic nitrogens is 1. The van der Waals surface area contributed by atoms with Crippen LogP contribution in [0.4, 0.5) is 5.69 Å². The molecule has 1 aliphatic rings. The van der Waals surface area contributed by atoms with E-state index in [2.05, 4.69) is 52.9 Å². The van der Waals surface area contributed by atoms with Crippen molar-refractivity contribution >= 4 is 5.69 Å². The predicted octanol–water partition coefficient (Wildman–Crippen LogP) is 4.03. The van der Waals surface area contributed by atoms with Crippen molar-refractivity contribution in [1.82, 2.24) is 4.98 Å². The van der Waals surface area contributed by atoms with Crippen LogP contribution in [-0.2, 0) is 17.3 Å². The third-order valence-electron chi connectivity index (χ3n) is 3.53. The zero-order valence-electron chi connectivity index (χ0n) is 12.6. The van der Waals surface area contributed by atoms with E-state index in [0.29, 0.717) is 0 Å². The highest BCUT2D eigenvalue weighted by molar-refractivity contribution is 5.55. The van der Waals surface area contributed by atoms with Gasteiger partial charge in [-0.3, -0.25) is 4.98 Å². The van der Waals surface area contributed by atoms with Crippen LogP contribution in [0.25, 0.3) is 0 Å². The Bertz CT molecular complexity index is 404. The molecule has 1 aliphatic heterocycles. The van der Waals surface area contributed by atoms with E-state index in [9.17, 15) is 0 Å². The fraction of sp³-hybridized carbons (Fsp3) is 0.688. The summed E-state index contributed by atoms with van der Waals surface area (Å²) in [6.07, 6.45) is 2.30. The lowest BCUT2D eigenvalue weighted by Crippen LogP contribution is -2.26. The van der Waals surface area contributed by atoms with Gasteiger partial charge in [0.25, 0.3) is 0 Å². The molecule has 0 radical (unpaired) electrons. The molecule has 0 saturated heterocycles. The average molecular weight is 246 g/mol. The van der Waals surface area contributed by atoms with Crippen LogP contribution in [0, 0.1) is 0 Å². The Kier molecular flexibility index (Phi) is 3.16. The van der Waals surface area contributed by atoms with E-state index in [4.69, 9.17) is 4.98 Å². The van der Waals surface area contributed by atoms with Crippen LogP contribution in [0.15, 0.2) is 6.07 Å². The molecule has 100 valence electrons. The fourth-order valence-corrected chi connectivity index (χ4v) is 2.52. The van der Waals surface area contributed by atoms with Crippen molar-refractivity contribution in [2.75, 3.05) is 11.9 Å². The first-order chi connectivity index (χ1) is 8.19. The Morgan fingerprint density at radius 3 is 2.28 bits per heavy atom. The first-order valence-corrected chi connectivity index (χ1v) is 6.98. The van der Waals surface area contributed by atoms with Gasteiger partial charge in [0.05, 0.1) is 11.4 Å². The minimum absolute atomic E-state index is 0.106. The van der Waals surface area contributed by atoms with Gasteiger partial charge in [0.2, 0.25) is 0 Å². The van der Waals surface area contributed by atoms with Crippen molar-refractivity contribution in [3.05, 3.63) is 23.0 Å². The normalized spacial score (nSPS) is 16.1. The van der Waals surface area contributed by atoms with Gasteiger partial charge in [-0.2, -0.15) is 0 Å². The van der Waals surface area contributed by atoms with E-state index in [0.717, 1.165) is 13.0 Å². The first kappa shape index (κ1) is 13.4. The minimum Gasteiger partial charge on any atom is -0.384 e. The third-order valence-corrected chi connectivity index (χ3v) is 3.53. The zero-order valence-corrected chi connectivity index (χ0v) is 12.6. The molecule has 0 fully saturated rings. The molecule has 2 heterocycles. The highest BCUT2D eigenvalue weighted by Crippen LogP contribution is 2.36. The average Bonchev–Trinajstić information content (AvgIpc) is 2.25. The summed E-state index contributed by atoms with van der Waals surface area (Å²) in [5.74, 6) is 0. The Hall–Kier alpha value is -1.05. The monoisotopic (exact) mass is 246 g/mol. The second-order valence-electron chi connectivity index (χ2n) is 7.41. The number of pyridine rings is 1. The lowest BCUT2D eigenvalue weighted by Gasteiger charge is -2.31. The van der Waals surface area contributed by atoms with Crippen molar-refractivity contribution < 1.29 is 0 Å². The SMILES string of the molecule is CC(C)(C)c1cc2c(nc1C(C)(C)C)CCCN2. The Balaban J connectivity index is 2.63. The zero-order chi connectivity index (χ0) is 13.6. The molecule has 0 amide bonds. The maximum Gasteiger partial charge on any atom is 0.0639 e. The van der Waals surface area contributed by atoms with Crippen molar-refractivity contribution in [3.8, 4) is 0 Å². The molecule has 18 heavy (non-hydrogen) atoms. The summed E-state index contributed by atoms with van der Waals surface area (Å²) in [6.45, 7) is 14.7. The van der Waals surface area contributed by atoms with E-state index in [1.807, 2.05) is 0 Å². The van der Waals surface area contributed by atoms with Gasteiger partial charge >= 0.3 is 0 Å². The van der Waals surface area contributed by atoms with Crippen molar-refractivity contribution in [2.24, 2.45) is 0 Å². The lowest BCUT2D eigenvalue weighted by atomic mass is 9.77. The predicted molar refractivity (Wildman–Crippen MR) is 78.4 cm³/mol. The van der Waals surface area contributed by atoms with Gasteiger partial charge in [-0.1, -0.05) is 41.5 Å². The molecule has 2 heteroatoms. The molecular formula is C16H26N2. The van der Waals surface area contributed by atoms with Crippen molar-refractivity contribution in [1.29, 1.82) is 0 Å². The van der Waals surface area contributed by atoms with E-state index in [-0.39, 0.29) is 10.8 Å². The van der Waals surface area contributed by atoms with Crippen LogP contribution in [0.1, 0.15) is 64.9 Å². The lowest BCUT2D eigenvalue weighted by molar-refractivity contribution is 0.510. The molecule has 0 atom stereocenters. The van der Waals surface area contributed by atoms with Gasteiger partial charge in [-0.05, 0) is 29.9 Å². The van der Waals surface area contributed by atoms with Gasteiger partial charge in [0.1, 0.15) is 0 Å². The number of nitrogens with one attached hydrogen (secondary N) is 1. The summed E-state index contributed by atoms with van der Waals surface area (Å²) in [5, 5.41) is 3.49. The standard InChI is InChI=1S/C16H26N2/c1-15(2,3)11-10-13-12(8-7-9-17-13)18-14(11)16(4,5)6/h10,17H,7-9H2,1-6H3. The second kappa shape index (κ2) is 4.25. The minimum atomic E-state index is 0.106. The van der Waals surface area contributed by atoms with Crippen molar-refractivity contribution in [3.63, 3.8) is 0 Å². The van der Waals surface area contributed by atoms with Crippen LogP contribution < -0.4 is 5.32 Å². The van der Waals surface area contributed by atoms with E-state index in [1.165, 1.54) is 29.1 Å². The van der Waals surface area contributed by atoms with Crippen LogP contribution >= 0.6 is 0 Å². The summed E-state index contributed by atoms with van der Waals surface area (Å²) in [7, 11) is 0. The molecule has 0 bridgehead atoms. The van der Waals surface area contributed by atoms with Crippen LogP contribution in [0.2, 0.25) is 0 Å². The molecule has 0 spiro atoms. The van der Waals surface area contributed by atoms with Gasteiger partial charge in [-0.25, -0.2) is 0 Å². The smallest absolute Gasteiger partial charge is 0.0639 e. The first-order valence-electron chi connectivity index (χ1n) is 6.98. The molecule has 0 saturated carbocycles. The number of anilines is 1. The molecule has 2 nitrogen and oxygen atoms in total. The topological polar surface area (TPSA) is 24.9 Å². The quantitative estimate of drug-likeness (QED) is 0.747. The van der Waals surface area contributed by atoms with E-state index < -0.39 is 0 Å². The van der Waals surface area contributed by atoms with E-state index >= 15 is 0 Å². The molecule has 2 rings (SSSR count). The van der Waals surface area contributed by atoms with E-state index in [1.54, 1.807) is 0 Å². The molecule has 0 aromatic carbocycles. The van der Waals surface area contributed by atoms with Gasteiger partial charge in [0.15, 0.2) is 0 Å². The summed E-state index contributed by atoms with van der Waals surface area (Å²) >= 11 is 0. The maximum absolute atomic E-state index is 4.99. The van der Waals surface area contributed by atoms with Gasteiger partial charge in [-0.15, -0.1) is 0 Å². The number of hydrogen-bond donors (Lipinski definition) is 1. The maximum atomic E-state index is 4.99. The third kappa shape index (κ3) is 2.52. The molecule has 1 N–H and O–H groups in total. The molecule has 0 unspecified atom stereocenters. The molecular weight excluding hydrogens is 220 g/mol. The van der Waals surface area contributed by atoms with Crippen LogP contribution in [0.3, 0.4) is 0 Å².